The van der Waals surface area contributed by atoms with Crippen molar-refractivity contribution in [2.45, 2.75) is 31.0 Å². The molecule has 3 aliphatic heterocycles. The van der Waals surface area contributed by atoms with Crippen LogP contribution in [0.2, 0.25) is 0 Å². The molecule has 6 aromatic carbocycles. The van der Waals surface area contributed by atoms with E-state index in [4.69, 9.17) is 29.8 Å². The number of alkyl halides is 3. The van der Waals surface area contributed by atoms with E-state index in [0.29, 0.717) is 37.6 Å². The van der Waals surface area contributed by atoms with Gasteiger partial charge in [-0.05, 0) is 94.9 Å². The normalized spacial score (nSPS) is 15.8. The summed E-state index contributed by atoms with van der Waals surface area (Å²) in [5.74, 6) is -5.22. The number of halogens is 4. The molecule has 3 saturated heterocycles. The number of anilines is 3. The van der Waals surface area contributed by atoms with Gasteiger partial charge in [-0.2, -0.15) is 0 Å². The molecule has 9 rings (SSSR count). The summed E-state index contributed by atoms with van der Waals surface area (Å²) in [6.45, 7) is 10.9. The number of carbonyl (C=O) groups is 3. The number of nitrogens with zero attached hydrogens (tertiary/aromatic N) is 3. The second-order valence-electron chi connectivity index (χ2n) is 17.8. The summed E-state index contributed by atoms with van der Waals surface area (Å²) in [6.07, 6.45) is -4.84. The minimum Gasteiger partial charge on any atom is -0.406 e. The zero-order chi connectivity index (χ0) is 54.0. The Morgan fingerprint density at radius 3 is 1.25 bits per heavy atom. The monoisotopic (exact) mass is 1050 g/mol. The van der Waals surface area contributed by atoms with E-state index in [1.807, 2.05) is 79.7 Å². The number of aryl methyl sites for hydroxylation is 1. The van der Waals surface area contributed by atoms with Crippen molar-refractivity contribution >= 4 is 34.8 Å². The molecule has 3 amide bonds. The van der Waals surface area contributed by atoms with Gasteiger partial charge in [-0.1, -0.05) is 91.0 Å². The minimum atomic E-state index is -4.84. The summed E-state index contributed by atoms with van der Waals surface area (Å²) in [6, 6.07) is 41.4. The molecule has 6 N–H and O–H groups in total. The van der Waals surface area contributed by atoms with E-state index < -0.39 is 53.4 Å². The molecule has 3 fully saturated rings. The van der Waals surface area contributed by atoms with Gasteiger partial charge in [0, 0.05) is 61.9 Å². The van der Waals surface area contributed by atoms with E-state index >= 15 is 0 Å². The summed E-state index contributed by atoms with van der Waals surface area (Å²) >= 11 is 0. The largest absolute Gasteiger partial charge is 0.573 e. The van der Waals surface area contributed by atoms with E-state index in [0.717, 1.165) is 98.4 Å². The van der Waals surface area contributed by atoms with Gasteiger partial charge in [-0.3, -0.25) is 30.0 Å². The van der Waals surface area contributed by atoms with Gasteiger partial charge in [-0.25, -0.2) is 20.8 Å². The third-order valence-electron chi connectivity index (χ3n) is 13.1. The zero-order valence-electron chi connectivity index (χ0n) is 41.6. The van der Waals surface area contributed by atoms with Gasteiger partial charge in [-0.15, -0.1) is 13.2 Å². The third kappa shape index (κ3) is 15.0. The molecule has 402 valence electrons. The summed E-state index contributed by atoms with van der Waals surface area (Å²) in [5, 5.41) is 27.3. The van der Waals surface area contributed by atoms with Gasteiger partial charge in [0.25, 0.3) is 17.7 Å². The molecule has 20 heteroatoms. The Kier molecular flexibility index (Phi) is 20.1. The van der Waals surface area contributed by atoms with Crippen LogP contribution in [0.3, 0.4) is 0 Å². The summed E-state index contributed by atoms with van der Waals surface area (Å²) in [5.41, 5.74) is 12.5. The maximum absolute atomic E-state index is 14.1. The van der Waals surface area contributed by atoms with Gasteiger partial charge >= 0.3 is 6.36 Å². The molecule has 3 atom stereocenters. The Morgan fingerprint density at radius 1 is 0.487 bits per heavy atom. The quantitative estimate of drug-likeness (QED) is 0.0373. The van der Waals surface area contributed by atoms with Crippen molar-refractivity contribution < 1.29 is 66.5 Å². The lowest BCUT2D eigenvalue weighted by Crippen LogP contribution is -2.36. The number of benzene rings is 6. The SMILES string of the molecule is Cc1ccccc1C(C(=O)NO)c1ccc(N2CCOCC2)cc1.O=C(NO)C(c1ccc(N2CCOCC2)cc1)c1cccc(OC(F)(F)F)c1.O=C(NO)C(c1ccc(N2CCOCC2)cc1)c1ccccc1F. The number of carbonyl (C=O) groups excluding carboxylic acids is 3. The molecule has 3 unspecified atom stereocenters. The number of hydrogen-bond donors (Lipinski definition) is 6. The average Bonchev–Trinajstić information content (AvgIpc) is 3.46. The first kappa shape index (κ1) is 56.1. The number of hydroxylamine groups is 3. The maximum atomic E-state index is 14.1. The van der Waals surface area contributed by atoms with Crippen molar-refractivity contribution in [2.24, 2.45) is 0 Å². The highest BCUT2D eigenvalue weighted by Crippen LogP contribution is 2.33. The molecule has 76 heavy (non-hydrogen) atoms. The summed E-state index contributed by atoms with van der Waals surface area (Å²) in [4.78, 5) is 43.2. The Labute approximate surface area is 437 Å². The summed E-state index contributed by atoms with van der Waals surface area (Å²) in [7, 11) is 0. The first-order valence-corrected chi connectivity index (χ1v) is 24.5. The van der Waals surface area contributed by atoms with Crippen LogP contribution in [-0.4, -0.2) is 119 Å². The molecular weight excluding hydrogens is 993 g/mol. The average molecular weight is 1050 g/mol. The second-order valence-corrected chi connectivity index (χ2v) is 17.8. The van der Waals surface area contributed by atoms with E-state index in [2.05, 4.69) is 19.4 Å². The van der Waals surface area contributed by atoms with Crippen molar-refractivity contribution in [1.82, 2.24) is 16.4 Å². The predicted molar refractivity (Wildman–Crippen MR) is 274 cm³/mol. The number of morpholine rings is 3. The summed E-state index contributed by atoms with van der Waals surface area (Å²) < 4.78 is 71.5. The number of nitrogens with one attached hydrogen (secondary N) is 3. The Bertz CT molecular complexity index is 2690. The van der Waals surface area contributed by atoms with Gasteiger partial charge in [0.2, 0.25) is 0 Å². The Balaban J connectivity index is 0.000000167. The van der Waals surface area contributed by atoms with Crippen LogP contribution < -0.4 is 35.9 Å². The van der Waals surface area contributed by atoms with Crippen LogP contribution in [0.25, 0.3) is 0 Å². The van der Waals surface area contributed by atoms with Gasteiger partial charge in [0.15, 0.2) is 0 Å². The third-order valence-corrected chi connectivity index (χ3v) is 13.1. The van der Waals surface area contributed by atoms with Crippen molar-refractivity contribution in [3.05, 3.63) is 190 Å². The molecule has 6 aromatic rings. The molecule has 16 nitrogen and oxygen atoms in total. The highest BCUT2D eigenvalue weighted by atomic mass is 19.4. The van der Waals surface area contributed by atoms with Crippen LogP contribution in [0.5, 0.6) is 5.75 Å². The highest BCUT2D eigenvalue weighted by Gasteiger charge is 2.32. The molecule has 3 heterocycles. The van der Waals surface area contributed by atoms with Crippen LogP contribution in [-0.2, 0) is 28.6 Å². The fourth-order valence-electron chi connectivity index (χ4n) is 9.24. The van der Waals surface area contributed by atoms with Gasteiger partial charge < -0.3 is 33.6 Å². The molecule has 0 bridgehead atoms. The van der Waals surface area contributed by atoms with E-state index in [-0.39, 0.29) is 11.1 Å². The lowest BCUT2D eigenvalue weighted by atomic mass is 9.88. The van der Waals surface area contributed by atoms with Crippen molar-refractivity contribution in [3.63, 3.8) is 0 Å². The first-order chi connectivity index (χ1) is 36.8. The smallest absolute Gasteiger partial charge is 0.406 e. The fraction of sp³-hybridized carbons (Fsp3) is 0.304. The van der Waals surface area contributed by atoms with E-state index in [9.17, 15) is 31.9 Å². The predicted octanol–water partition coefficient (Wildman–Crippen LogP) is 7.83. The fourth-order valence-corrected chi connectivity index (χ4v) is 9.24. The van der Waals surface area contributed by atoms with Crippen molar-refractivity contribution in [3.8, 4) is 5.75 Å². The molecule has 0 aliphatic carbocycles. The molecule has 0 saturated carbocycles. The molecule has 0 radical (unpaired) electrons. The van der Waals surface area contributed by atoms with Crippen molar-refractivity contribution in [1.29, 1.82) is 0 Å². The van der Waals surface area contributed by atoms with Crippen LogP contribution in [0.4, 0.5) is 34.6 Å². The Hall–Kier alpha value is -7.59. The van der Waals surface area contributed by atoms with Gasteiger partial charge in [0.05, 0.1) is 57.4 Å². The van der Waals surface area contributed by atoms with Crippen molar-refractivity contribution in [2.75, 3.05) is 93.6 Å². The van der Waals surface area contributed by atoms with E-state index in [1.165, 1.54) is 18.2 Å². The number of hydrogen-bond acceptors (Lipinski definition) is 13. The lowest BCUT2D eigenvalue weighted by Gasteiger charge is -2.29. The van der Waals surface area contributed by atoms with Crippen LogP contribution >= 0.6 is 0 Å². The minimum absolute atomic E-state index is 0.225. The Morgan fingerprint density at radius 2 is 0.855 bits per heavy atom. The van der Waals surface area contributed by atoms with Crippen LogP contribution in [0, 0.1) is 12.7 Å². The molecule has 0 aromatic heterocycles. The highest BCUT2D eigenvalue weighted by molar-refractivity contribution is 5.88. The van der Waals surface area contributed by atoms with Crippen LogP contribution in [0.15, 0.2) is 146 Å². The first-order valence-electron chi connectivity index (χ1n) is 24.5. The standard InChI is InChI=1S/C19H19F3N2O4.C19H22N2O3.C18H19FN2O3/c20-19(21,22)28-16-3-1-2-14(12-16)17(18(25)23-26)13-4-6-15(7-5-13)24-8-10-27-11-9-24;1-14-4-2-3-5-17(14)18(19(22)20-23)15-6-8-16(9-7-15)21-10-12-24-13-11-21;19-16-4-2-1-3-15(16)17(18(22)20-23)13-5-7-14(8-6-13)21-9-11-24-12-10-21/h1-7,12,17,26H,8-11H2,(H,23,25);2-9,18,23H,10-13H2,1H3,(H,20,22);1-8,17,23H,9-12H2,(H,20,22). The number of ether oxygens (including phenoxy) is 4. The second kappa shape index (κ2) is 27.3. The molecular formula is C56H60F4N6O10. The zero-order valence-corrected chi connectivity index (χ0v) is 41.6. The number of rotatable bonds is 13. The topological polar surface area (TPSA) is 195 Å². The number of amides is 3. The van der Waals surface area contributed by atoms with Gasteiger partial charge in [0.1, 0.15) is 11.6 Å². The van der Waals surface area contributed by atoms with Crippen LogP contribution in [0.1, 0.15) is 56.7 Å². The maximum Gasteiger partial charge on any atom is 0.573 e. The lowest BCUT2D eigenvalue weighted by molar-refractivity contribution is -0.274. The molecule has 3 aliphatic rings. The molecule has 0 spiro atoms. The van der Waals surface area contributed by atoms with E-state index in [1.54, 1.807) is 58.9 Å².